The second-order valence-electron chi connectivity index (χ2n) is 6.71. The van der Waals surface area contributed by atoms with E-state index in [0.29, 0.717) is 0 Å². The highest BCUT2D eigenvalue weighted by Gasteiger charge is 2.27. The number of hydrogen-bond acceptors (Lipinski definition) is 3. The maximum absolute atomic E-state index is 13.2. The monoisotopic (exact) mass is 337 g/mol. The van der Waals surface area contributed by atoms with Crippen molar-refractivity contribution in [1.29, 1.82) is 0 Å². The summed E-state index contributed by atoms with van der Waals surface area (Å²) in [5, 5.41) is 0. The van der Waals surface area contributed by atoms with E-state index in [0.717, 1.165) is 43.6 Å². The molecule has 1 amide bonds. The number of aromatic nitrogens is 1. The SMILES string of the molecule is CCN(C)c1ccc(C(=O)N2CCCCCC2c2ccncc2)cc1. The van der Waals surface area contributed by atoms with E-state index in [4.69, 9.17) is 0 Å². The third-order valence-electron chi connectivity index (χ3n) is 5.13. The van der Waals surface area contributed by atoms with E-state index in [-0.39, 0.29) is 11.9 Å². The second-order valence-corrected chi connectivity index (χ2v) is 6.71. The minimum absolute atomic E-state index is 0.134. The number of carbonyl (C=O) groups excluding carboxylic acids is 1. The molecule has 132 valence electrons. The zero-order chi connectivity index (χ0) is 17.6. The molecule has 1 aromatic heterocycles. The average molecular weight is 337 g/mol. The van der Waals surface area contributed by atoms with E-state index in [9.17, 15) is 4.79 Å². The second kappa shape index (κ2) is 8.15. The summed E-state index contributed by atoms with van der Waals surface area (Å²) >= 11 is 0. The number of hydrogen-bond donors (Lipinski definition) is 0. The number of nitrogens with zero attached hydrogens (tertiary/aromatic N) is 3. The van der Waals surface area contributed by atoms with Crippen LogP contribution in [0.2, 0.25) is 0 Å². The number of benzene rings is 1. The van der Waals surface area contributed by atoms with Crippen LogP contribution in [0.1, 0.15) is 54.6 Å². The quantitative estimate of drug-likeness (QED) is 0.835. The van der Waals surface area contributed by atoms with Gasteiger partial charge >= 0.3 is 0 Å². The molecule has 1 atom stereocenters. The molecular weight excluding hydrogens is 310 g/mol. The first-order chi connectivity index (χ1) is 12.2. The Balaban J connectivity index is 1.84. The summed E-state index contributed by atoms with van der Waals surface area (Å²) in [5.74, 6) is 0.134. The first-order valence-corrected chi connectivity index (χ1v) is 9.23. The van der Waals surface area contributed by atoms with Crippen LogP contribution in [-0.4, -0.2) is 35.9 Å². The molecule has 1 aromatic carbocycles. The third-order valence-corrected chi connectivity index (χ3v) is 5.13. The molecular formula is C21H27N3O. The van der Waals surface area contributed by atoms with Crippen molar-refractivity contribution in [3.63, 3.8) is 0 Å². The van der Waals surface area contributed by atoms with Crippen molar-refractivity contribution in [1.82, 2.24) is 9.88 Å². The van der Waals surface area contributed by atoms with Crippen molar-refractivity contribution in [3.05, 3.63) is 59.9 Å². The minimum atomic E-state index is 0.134. The van der Waals surface area contributed by atoms with Crippen LogP contribution in [0.15, 0.2) is 48.8 Å². The molecule has 1 aliphatic heterocycles. The van der Waals surface area contributed by atoms with Gasteiger partial charge in [-0.15, -0.1) is 0 Å². The lowest BCUT2D eigenvalue weighted by molar-refractivity contribution is 0.0681. The van der Waals surface area contributed by atoms with E-state index in [2.05, 4.69) is 28.8 Å². The highest BCUT2D eigenvalue weighted by molar-refractivity contribution is 5.95. The Morgan fingerprint density at radius 2 is 1.84 bits per heavy atom. The van der Waals surface area contributed by atoms with E-state index >= 15 is 0 Å². The molecule has 0 aliphatic carbocycles. The Morgan fingerprint density at radius 1 is 1.12 bits per heavy atom. The van der Waals surface area contributed by atoms with Crippen molar-refractivity contribution >= 4 is 11.6 Å². The number of rotatable bonds is 4. The van der Waals surface area contributed by atoms with Crippen molar-refractivity contribution in [2.24, 2.45) is 0 Å². The molecule has 25 heavy (non-hydrogen) atoms. The summed E-state index contributed by atoms with van der Waals surface area (Å²) in [6, 6.07) is 12.2. The lowest BCUT2D eigenvalue weighted by atomic mass is 10.0. The molecule has 0 radical (unpaired) electrons. The zero-order valence-electron chi connectivity index (χ0n) is 15.2. The molecule has 3 rings (SSSR count). The van der Waals surface area contributed by atoms with Gasteiger partial charge in [0.1, 0.15) is 0 Å². The molecule has 1 fully saturated rings. The van der Waals surface area contributed by atoms with E-state index in [1.165, 1.54) is 12.0 Å². The van der Waals surface area contributed by atoms with Gasteiger partial charge in [-0.1, -0.05) is 12.8 Å². The van der Waals surface area contributed by atoms with Gasteiger partial charge in [-0.05, 0) is 61.7 Å². The molecule has 0 bridgehead atoms. The Labute approximate surface area is 150 Å². The third kappa shape index (κ3) is 4.01. The molecule has 2 heterocycles. The molecule has 1 aliphatic rings. The molecule has 0 N–H and O–H groups in total. The van der Waals surface area contributed by atoms with Gasteiger partial charge in [-0.25, -0.2) is 0 Å². The van der Waals surface area contributed by atoms with Crippen molar-refractivity contribution in [3.8, 4) is 0 Å². The molecule has 4 heteroatoms. The standard InChI is InChI=1S/C21H27N3O/c1-3-23(2)19-10-8-18(9-11-19)21(25)24-16-6-4-5-7-20(24)17-12-14-22-15-13-17/h8-15,20H,3-7,16H2,1-2H3. The summed E-state index contributed by atoms with van der Waals surface area (Å²) in [6.45, 7) is 3.89. The number of amides is 1. The zero-order valence-corrected chi connectivity index (χ0v) is 15.2. The Morgan fingerprint density at radius 3 is 2.52 bits per heavy atom. The minimum Gasteiger partial charge on any atom is -0.375 e. The number of likely N-dealkylation sites (tertiary alicyclic amines) is 1. The van der Waals surface area contributed by atoms with Gasteiger partial charge in [0.15, 0.2) is 0 Å². The highest BCUT2D eigenvalue weighted by atomic mass is 16.2. The smallest absolute Gasteiger partial charge is 0.254 e. The van der Waals surface area contributed by atoms with Crippen LogP contribution in [0.25, 0.3) is 0 Å². The van der Waals surface area contributed by atoms with Crippen molar-refractivity contribution < 1.29 is 4.79 Å². The van der Waals surface area contributed by atoms with Crippen LogP contribution in [0.3, 0.4) is 0 Å². The van der Waals surface area contributed by atoms with Gasteiger partial charge in [0, 0.05) is 43.8 Å². The van der Waals surface area contributed by atoms with Crippen LogP contribution >= 0.6 is 0 Å². The predicted molar refractivity (Wildman–Crippen MR) is 102 cm³/mol. The molecule has 0 spiro atoms. The fraction of sp³-hybridized carbons (Fsp3) is 0.429. The largest absolute Gasteiger partial charge is 0.375 e. The van der Waals surface area contributed by atoms with E-state index in [1.807, 2.05) is 48.8 Å². The van der Waals surface area contributed by atoms with E-state index < -0.39 is 0 Å². The first-order valence-electron chi connectivity index (χ1n) is 9.23. The van der Waals surface area contributed by atoms with Crippen LogP contribution in [0.4, 0.5) is 5.69 Å². The Hall–Kier alpha value is -2.36. The van der Waals surface area contributed by atoms with Gasteiger partial charge < -0.3 is 9.80 Å². The highest BCUT2D eigenvalue weighted by Crippen LogP contribution is 2.31. The summed E-state index contributed by atoms with van der Waals surface area (Å²) in [6.07, 6.45) is 8.08. The molecule has 1 unspecified atom stereocenters. The van der Waals surface area contributed by atoms with Crippen molar-refractivity contribution in [2.45, 2.75) is 38.6 Å². The number of anilines is 1. The van der Waals surface area contributed by atoms with Gasteiger partial charge in [0.25, 0.3) is 5.91 Å². The first kappa shape index (κ1) is 17.5. The van der Waals surface area contributed by atoms with Crippen LogP contribution < -0.4 is 4.90 Å². The van der Waals surface area contributed by atoms with Crippen LogP contribution in [0.5, 0.6) is 0 Å². The molecule has 4 nitrogen and oxygen atoms in total. The summed E-state index contributed by atoms with van der Waals surface area (Å²) in [4.78, 5) is 21.5. The summed E-state index contributed by atoms with van der Waals surface area (Å²) in [5.41, 5.74) is 3.10. The number of carbonyl (C=O) groups is 1. The Kier molecular flexibility index (Phi) is 5.69. The van der Waals surface area contributed by atoms with Crippen LogP contribution in [-0.2, 0) is 0 Å². The lowest BCUT2D eigenvalue weighted by Gasteiger charge is -2.30. The maximum Gasteiger partial charge on any atom is 0.254 e. The average Bonchev–Trinajstić information content (AvgIpc) is 2.93. The van der Waals surface area contributed by atoms with Gasteiger partial charge in [0.05, 0.1) is 6.04 Å². The van der Waals surface area contributed by atoms with E-state index in [1.54, 1.807) is 0 Å². The normalized spacial score (nSPS) is 17.8. The lowest BCUT2D eigenvalue weighted by Crippen LogP contribution is -2.34. The fourth-order valence-electron chi connectivity index (χ4n) is 3.49. The van der Waals surface area contributed by atoms with Gasteiger partial charge in [-0.2, -0.15) is 0 Å². The summed E-state index contributed by atoms with van der Waals surface area (Å²) in [7, 11) is 2.06. The number of pyridine rings is 1. The molecule has 1 saturated heterocycles. The Bertz CT molecular complexity index is 684. The van der Waals surface area contributed by atoms with Crippen molar-refractivity contribution in [2.75, 3.05) is 25.0 Å². The molecule has 0 saturated carbocycles. The maximum atomic E-state index is 13.2. The van der Waals surface area contributed by atoms with Gasteiger partial charge in [-0.3, -0.25) is 9.78 Å². The fourth-order valence-corrected chi connectivity index (χ4v) is 3.49. The van der Waals surface area contributed by atoms with Crippen LogP contribution in [0, 0.1) is 0 Å². The molecule has 2 aromatic rings. The predicted octanol–water partition coefficient (Wildman–Crippen LogP) is 4.30. The topological polar surface area (TPSA) is 36.4 Å². The summed E-state index contributed by atoms with van der Waals surface area (Å²) < 4.78 is 0. The van der Waals surface area contributed by atoms with Gasteiger partial charge in [0.2, 0.25) is 0 Å².